The summed E-state index contributed by atoms with van der Waals surface area (Å²) in [5.41, 5.74) is 6.18. The number of hydrogen-bond acceptors (Lipinski definition) is 4. The summed E-state index contributed by atoms with van der Waals surface area (Å²) in [7, 11) is 0. The van der Waals surface area contributed by atoms with E-state index in [1.807, 2.05) is 30.3 Å². The van der Waals surface area contributed by atoms with Gasteiger partial charge >= 0.3 is 5.97 Å². The first kappa shape index (κ1) is 19.1. The van der Waals surface area contributed by atoms with E-state index in [4.69, 9.17) is 5.11 Å². The van der Waals surface area contributed by atoms with Gasteiger partial charge in [-0.05, 0) is 36.4 Å². The van der Waals surface area contributed by atoms with E-state index in [1.165, 1.54) is 18.2 Å². The van der Waals surface area contributed by atoms with Crippen LogP contribution in [0.15, 0.2) is 90.2 Å². The number of halogens is 1. The SMILES string of the molecule is O=C(O)c1ccc(-n2cc(/C=N/Nc3ccccc3F)c(-c3ccccc3)n2)cc1. The van der Waals surface area contributed by atoms with Crippen LogP contribution in [-0.4, -0.2) is 27.1 Å². The lowest BCUT2D eigenvalue weighted by Gasteiger charge is -2.02. The van der Waals surface area contributed by atoms with Gasteiger partial charge in [0.15, 0.2) is 0 Å². The minimum atomic E-state index is -0.987. The number of carbonyl (C=O) groups is 1. The Morgan fingerprint density at radius 3 is 2.40 bits per heavy atom. The van der Waals surface area contributed by atoms with Crippen molar-refractivity contribution < 1.29 is 14.3 Å². The number of aromatic nitrogens is 2. The second kappa shape index (κ2) is 8.40. The summed E-state index contributed by atoms with van der Waals surface area (Å²) >= 11 is 0. The Balaban J connectivity index is 1.68. The molecule has 0 spiro atoms. The summed E-state index contributed by atoms with van der Waals surface area (Å²) in [6.07, 6.45) is 3.36. The fraction of sp³-hybridized carbons (Fsp3) is 0. The average molecular weight is 400 g/mol. The zero-order valence-corrected chi connectivity index (χ0v) is 15.7. The standard InChI is InChI=1S/C23H17FN4O2/c24-20-8-4-5-9-21(20)26-25-14-18-15-28(19-12-10-17(11-13-19)23(29)30)27-22(18)16-6-2-1-3-7-16/h1-15,26H,(H,29,30)/b25-14+. The lowest BCUT2D eigenvalue weighted by atomic mass is 10.1. The van der Waals surface area contributed by atoms with Gasteiger partial charge in [0.05, 0.1) is 23.2 Å². The molecule has 4 aromatic rings. The predicted octanol–water partition coefficient (Wildman–Crippen LogP) is 4.82. The molecule has 0 fully saturated rings. The molecule has 6 nitrogen and oxygen atoms in total. The van der Waals surface area contributed by atoms with Crippen LogP contribution in [0, 0.1) is 5.82 Å². The molecule has 0 amide bonds. The van der Waals surface area contributed by atoms with Gasteiger partial charge in [-0.3, -0.25) is 5.43 Å². The van der Waals surface area contributed by atoms with Gasteiger partial charge in [-0.1, -0.05) is 42.5 Å². The fourth-order valence-corrected chi connectivity index (χ4v) is 2.91. The van der Waals surface area contributed by atoms with E-state index >= 15 is 0 Å². The molecule has 4 rings (SSSR count). The number of rotatable bonds is 6. The summed E-state index contributed by atoms with van der Waals surface area (Å²) in [4.78, 5) is 11.1. The van der Waals surface area contributed by atoms with Crippen molar-refractivity contribution in [2.75, 3.05) is 5.43 Å². The normalized spacial score (nSPS) is 11.0. The van der Waals surface area contributed by atoms with Gasteiger partial charge in [0, 0.05) is 17.3 Å². The molecule has 0 atom stereocenters. The highest BCUT2D eigenvalue weighted by atomic mass is 19.1. The number of carboxylic acid groups (broad SMARTS) is 1. The van der Waals surface area contributed by atoms with Gasteiger partial charge in [-0.15, -0.1) is 0 Å². The van der Waals surface area contributed by atoms with Crippen LogP contribution < -0.4 is 5.43 Å². The van der Waals surface area contributed by atoms with E-state index in [2.05, 4.69) is 15.6 Å². The molecule has 0 bridgehead atoms. The van der Waals surface area contributed by atoms with E-state index in [9.17, 15) is 9.18 Å². The van der Waals surface area contributed by atoms with Crippen molar-refractivity contribution in [1.82, 2.24) is 9.78 Å². The van der Waals surface area contributed by atoms with E-state index in [-0.39, 0.29) is 11.3 Å². The zero-order valence-electron chi connectivity index (χ0n) is 15.7. The summed E-state index contributed by atoms with van der Waals surface area (Å²) in [6.45, 7) is 0. The van der Waals surface area contributed by atoms with Crippen LogP contribution >= 0.6 is 0 Å². The van der Waals surface area contributed by atoms with Gasteiger partial charge in [0.1, 0.15) is 11.5 Å². The third kappa shape index (κ3) is 4.10. The van der Waals surface area contributed by atoms with Gasteiger partial charge in [0.25, 0.3) is 0 Å². The van der Waals surface area contributed by atoms with Gasteiger partial charge in [0.2, 0.25) is 0 Å². The number of hydrogen-bond donors (Lipinski definition) is 2. The topological polar surface area (TPSA) is 79.5 Å². The molecule has 30 heavy (non-hydrogen) atoms. The molecule has 0 saturated heterocycles. The van der Waals surface area contributed by atoms with Gasteiger partial charge in [-0.2, -0.15) is 10.2 Å². The van der Waals surface area contributed by atoms with Crippen LogP contribution in [0.3, 0.4) is 0 Å². The zero-order chi connectivity index (χ0) is 20.9. The molecule has 0 aliphatic heterocycles. The van der Waals surface area contributed by atoms with Gasteiger partial charge < -0.3 is 5.11 Å². The Morgan fingerprint density at radius 1 is 1.00 bits per heavy atom. The molecule has 2 N–H and O–H groups in total. The molecule has 1 heterocycles. The first-order valence-corrected chi connectivity index (χ1v) is 9.14. The number of nitrogens with one attached hydrogen (secondary N) is 1. The summed E-state index contributed by atoms with van der Waals surface area (Å²) in [5.74, 6) is -1.38. The molecule has 1 aromatic heterocycles. The number of hydrazone groups is 1. The first-order valence-electron chi connectivity index (χ1n) is 9.14. The molecule has 148 valence electrons. The van der Waals surface area contributed by atoms with Crippen LogP contribution in [0.25, 0.3) is 16.9 Å². The molecule has 3 aromatic carbocycles. The average Bonchev–Trinajstić information content (AvgIpc) is 3.20. The van der Waals surface area contributed by atoms with Crippen molar-refractivity contribution in [3.05, 3.63) is 102 Å². The van der Waals surface area contributed by atoms with Crippen molar-refractivity contribution in [3.8, 4) is 16.9 Å². The Kier molecular flexibility index (Phi) is 5.34. The predicted molar refractivity (Wildman–Crippen MR) is 114 cm³/mol. The molecule has 0 radical (unpaired) electrons. The quantitative estimate of drug-likeness (QED) is 0.359. The Hall–Kier alpha value is -4.26. The number of aromatic carboxylic acids is 1. The van der Waals surface area contributed by atoms with Crippen LogP contribution in [-0.2, 0) is 0 Å². The highest BCUT2D eigenvalue weighted by molar-refractivity contribution is 5.89. The Morgan fingerprint density at radius 2 is 1.70 bits per heavy atom. The Labute approximate surface area is 171 Å². The van der Waals surface area contributed by atoms with E-state index in [0.29, 0.717) is 16.9 Å². The summed E-state index contributed by atoms with van der Waals surface area (Å²) in [6, 6.07) is 22.3. The maximum Gasteiger partial charge on any atom is 0.335 e. The maximum absolute atomic E-state index is 13.8. The minimum absolute atomic E-state index is 0.199. The molecular formula is C23H17FN4O2. The number of para-hydroxylation sites is 1. The summed E-state index contributed by atoms with van der Waals surface area (Å²) in [5, 5.41) is 17.9. The second-order valence-corrected chi connectivity index (χ2v) is 6.45. The first-order chi connectivity index (χ1) is 14.6. The highest BCUT2D eigenvalue weighted by Crippen LogP contribution is 2.23. The van der Waals surface area contributed by atoms with Crippen LogP contribution in [0.1, 0.15) is 15.9 Å². The number of carboxylic acids is 1. The van der Waals surface area contributed by atoms with Crippen LogP contribution in [0.2, 0.25) is 0 Å². The second-order valence-electron chi connectivity index (χ2n) is 6.45. The Bertz CT molecular complexity index is 1200. The van der Waals surface area contributed by atoms with Crippen molar-refractivity contribution in [2.45, 2.75) is 0 Å². The van der Waals surface area contributed by atoms with Crippen molar-refractivity contribution in [3.63, 3.8) is 0 Å². The largest absolute Gasteiger partial charge is 0.478 e. The molecule has 7 heteroatoms. The number of anilines is 1. The minimum Gasteiger partial charge on any atom is -0.478 e. The van der Waals surface area contributed by atoms with Gasteiger partial charge in [-0.25, -0.2) is 13.9 Å². The van der Waals surface area contributed by atoms with Crippen molar-refractivity contribution in [1.29, 1.82) is 0 Å². The van der Waals surface area contributed by atoms with E-state index in [0.717, 1.165) is 5.56 Å². The molecule has 0 aliphatic rings. The van der Waals surface area contributed by atoms with Crippen molar-refractivity contribution >= 4 is 17.9 Å². The van der Waals surface area contributed by atoms with Crippen molar-refractivity contribution in [2.24, 2.45) is 5.10 Å². The van der Waals surface area contributed by atoms with E-state index in [1.54, 1.807) is 47.4 Å². The fourth-order valence-electron chi connectivity index (χ4n) is 2.91. The monoisotopic (exact) mass is 400 g/mol. The van der Waals surface area contributed by atoms with Crippen LogP contribution in [0.5, 0.6) is 0 Å². The lowest BCUT2D eigenvalue weighted by molar-refractivity contribution is 0.0697. The molecule has 0 unspecified atom stereocenters. The maximum atomic E-state index is 13.8. The van der Waals surface area contributed by atoms with Crippen LogP contribution in [0.4, 0.5) is 10.1 Å². The number of nitrogens with zero attached hydrogens (tertiary/aromatic N) is 3. The molecule has 0 saturated carbocycles. The molecule has 0 aliphatic carbocycles. The lowest BCUT2D eigenvalue weighted by Crippen LogP contribution is -1.98. The smallest absolute Gasteiger partial charge is 0.335 e. The third-order valence-electron chi connectivity index (χ3n) is 4.43. The molecular weight excluding hydrogens is 383 g/mol. The highest BCUT2D eigenvalue weighted by Gasteiger charge is 2.12. The number of benzene rings is 3. The van der Waals surface area contributed by atoms with E-state index < -0.39 is 11.8 Å². The summed E-state index contributed by atoms with van der Waals surface area (Å²) < 4.78 is 15.4. The third-order valence-corrected chi connectivity index (χ3v) is 4.43.